The molecular formula is C12H9FN2O2S. The molecule has 1 heterocycles. The largest absolute Gasteiger partial charge is 0.279 e. The molecule has 1 aromatic heterocycles. The van der Waals surface area contributed by atoms with Crippen molar-refractivity contribution >= 4 is 23.2 Å². The highest BCUT2D eigenvalue weighted by molar-refractivity contribution is 7.12. The zero-order valence-electron chi connectivity index (χ0n) is 9.14. The molecule has 0 radical (unpaired) electrons. The average molecular weight is 264 g/mol. The van der Waals surface area contributed by atoms with Crippen molar-refractivity contribution in [2.24, 2.45) is 0 Å². The van der Waals surface area contributed by atoms with Crippen molar-refractivity contribution in [3.8, 4) is 0 Å². The maximum Gasteiger partial charge on any atom is 0.279 e. The molecule has 0 spiro atoms. The highest BCUT2D eigenvalue weighted by atomic mass is 32.1. The number of amides is 2. The summed E-state index contributed by atoms with van der Waals surface area (Å²) in [6.45, 7) is 0. The molecule has 0 saturated carbocycles. The van der Waals surface area contributed by atoms with Gasteiger partial charge in [0.25, 0.3) is 11.8 Å². The van der Waals surface area contributed by atoms with Gasteiger partial charge in [0, 0.05) is 0 Å². The third-order valence-electron chi connectivity index (χ3n) is 2.15. The van der Waals surface area contributed by atoms with Crippen molar-refractivity contribution in [3.63, 3.8) is 0 Å². The van der Waals surface area contributed by atoms with Crippen molar-refractivity contribution in [1.82, 2.24) is 10.9 Å². The molecule has 0 aliphatic rings. The Morgan fingerprint density at radius 3 is 2.39 bits per heavy atom. The number of carbonyl (C=O) groups excluding carboxylic acids is 2. The SMILES string of the molecule is O=C(NNC(=O)c1ccccc1F)c1cccs1. The fraction of sp³-hybridized carbons (Fsp3) is 0. The summed E-state index contributed by atoms with van der Waals surface area (Å²) in [5.41, 5.74) is 4.25. The molecule has 1 aromatic carbocycles. The van der Waals surface area contributed by atoms with Crippen LogP contribution in [0.25, 0.3) is 0 Å². The molecule has 2 amide bonds. The Bertz CT molecular complexity index is 569. The van der Waals surface area contributed by atoms with Gasteiger partial charge in [0.05, 0.1) is 10.4 Å². The van der Waals surface area contributed by atoms with Crippen LogP contribution >= 0.6 is 11.3 Å². The van der Waals surface area contributed by atoms with E-state index in [0.29, 0.717) is 4.88 Å². The van der Waals surface area contributed by atoms with Crippen LogP contribution in [0.15, 0.2) is 41.8 Å². The second kappa shape index (κ2) is 5.42. The zero-order chi connectivity index (χ0) is 13.0. The van der Waals surface area contributed by atoms with E-state index in [1.54, 1.807) is 23.6 Å². The Labute approximate surface area is 106 Å². The predicted molar refractivity (Wildman–Crippen MR) is 65.7 cm³/mol. The highest BCUT2D eigenvalue weighted by Crippen LogP contribution is 2.08. The molecule has 0 saturated heterocycles. The Kier molecular flexibility index (Phi) is 3.69. The van der Waals surface area contributed by atoms with Crippen LogP contribution in [0.1, 0.15) is 20.0 Å². The number of nitrogens with one attached hydrogen (secondary N) is 2. The fourth-order valence-electron chi connectivity index (χ4n) is 1.30. The molecule has 18 heavy (non-hydrogen) atoms. The van der Waals surface area contributed by atoms with E-state index in [1.807, 2.05) is 0 Å². The maximum atomic E-state index is 13.3. The third kappa shape index (κ3) is 2.72. The van der Waals surface area contributed by atoms with E-state index in [1.165, 1.54) is 29.5 Å². The van der Waals surface area contributed by atoms with E-state index in [4.69, 9.17) is 0 Å². The van der Waals surface area contributed by atoms with E-state index in [2.05, 4.69) is 10.9 Å². The number of hydrogen-bond donors (Lipinski definition) is 2. The molecule has 2 rings (SSSR count). The summed E-state index contributed by atoms with van der Waals surface area (Å²) >= 11 is 1.24. The molecule has 0 unspecified atom stereocenters. The summed E-state index contributed by atoms with van der Waals surface area (Å²) < 4.78 is 13.3. The first-order chi connectivity index (χ1) is 8.68. The lowest BCUT2D eigenvalue weighted by Crippen LogP contribution is -2.41. The predicted octanol–water partition coefficient (Wildman–Crippen LogP) is 1.96. The number of hydrazine groups is 1. The summed E-state index contributed by atoms with van der Waals surface area (Å²) in [6, 6.07) is 8.88. The topological polar surface area (TPSA) is 58.2 Å². The first-order valence-corrected chi connectivity index (χ1v) is 5.95. The zero-order valence-corrected chi connectivity index (χ0v) is 9.96. The van der Waals surface area contributed by atoms with Gasteiger partial charge in [0.1, 0.15) is 5.82 Å². The molecule has 0 aliphatic heterocycles. The molecule has 2 N–H and O–H groups in total. The van der Waals surface area contributed by atoms with E-state index in [9.17, 15) is 14.0 Å². The van der Waals surface area contributed by atoms with Gasteiger partial charge in [0.15, 0.2) is 0 Å². The van der Waals surface area contributed by atoms with E-state index < -0.39 is 17.6 Å². The van der Waals surface area contributed by atoms with Crippen LogP contribution in [0.5, 0.6) is 0 Å². The van der Waals surface area contributed by atoms with Crippen LogP contribution in [0, 0.1) is 5.82 Å². The van der Waals surface area contributed by atoms with Gasteiger partial charge in [0.2, 0.25) is 0 Å². The summed E-state index contributed by atoms with van der Waals surface area (Å²) in [5.74, 6) is -1.77. The normalized spacial score (nSPS) is 9.83. The van der Waals surface area contributed by atoms with Gasteiger partial charge < -0.3 is 0 Å². The monoisotopic (exact) mass is 264 g/mol. The summed E-state index contributed by atoms with van der Waals surface area (Å²) in [7, 11) is 0. The summed E-state index contributed by atoms with van der Waals surface area (Å²) in [4.78, 5) is 23.6. The number of rotatable bonds is 2. The van der Waals surface area contributed by atoms with Crippen molar-refractivity contribution < 1.29 is 14.0 Å². The van der Waals surface area contributed by atoms with Gasteiger partial charge in [-0.15, -0.1) is 11.3 Å². The molecule has 2 aromatic rings. The Morgan fingerprint density at radius 1 is 1.00 bits per heavy atom. The molecule has 0 aliphatic carbocycles. The number of carbonyl (C=O) groups is 2. The molecule has 4 nitrogen and oxygen atoms in total. The van der Waals surface area contributed by atoms with Gasteiger partial charge in [-0.3, -0.25) is 20.4 Å². The van der Waals surface area contributed by atoms with Crippen LogP contribution in [-0.4, -0.2) is 11.8 Å². The second-order valence-corrected chi connectivity index (χ2v) is 4.31. The van der Waals surface area contributed by atoms with Crippen molar-refractivity contribution in [3.05, 3.63) is 58.0 Å². The average Bonchev–Trinajstić information content (AvgIpc) is 2.90. The number of hydrogen-bond acceptors (Lipinski definition) is 3. The fourth-order valence-corrected chi connectivity index (χ4v) is 1.91. The summed E-state index contributed by atoms with van der Waals surface area (Å²) in [5, 5.41) is 1.74. The van der Waals surface area contributed by atoms with E-state index in [-0.39, 0.29) is 5.56 Å². The number of thiophene rings is 1. The van der Waals surface area contributed by atoms with Crippen molar-refractivity contribution in [2.75, 3.05) is 0 Å². The molecule has 0 atom stereocenters. The lowest BCUT2D eigenvalue weighted by Gasteiger charge is -2.06. The van der Waals surface area contributed by atoms with Crippen molar-refractivity contribution in [2.45, 2.75) is 0 Å². The Morgan fingerprint density at radius 2 is 1.72 bits per heavy atom. The van der Waals surface area contributed by atoms with Gasteiger partial charge in [-0.1, -0.05) is 18.2 Å². The minimum Gasteiger partial charge on any atom is -0.267 e. The van der Waals surface area contributed by atoms with Crippen LogP contribution < -0.4 is 10.9 Å². The quantitative estimate of drug-likeness (QED) is 0.815. The summed E-state index contributed by atoms with van der Waals surface area (Å²) in [6.07, 6.45) is 0. The first kappa shape index (κ1) is 12.3. The van der Waals surface area contributed by atoms with Crippen molar-refractivity contribution in [1.29, 1.82) is 0 Å². The van der Waals surface area contributed by atoms with Gasteiger partial charge in [-0.25, -0.2) is 4.39 Å². The Hall–Kier alpha value is -2.21. The third-order valence-corrected chi connectivity index (χ3v) is 3.02. The minimum absolute atomic E-state index is 0.121. The van der Waals surface area contributed by atoms with E-state index >= 15 is 0 Å². The second-order valence-electron chi connectivity index (χ2n) is 3.37. The standard InChI is InChI=1S/C12H9FN2O2S/c13-9-5-2-1-4-8(9)11(16)14-15-12(17)10-6-3-7-18-10/h1-7H,(H,14,16)(H,15,17). The van der Waals surface area contributed by atoms with E-state index in [0.717, 1.165) is 0 Å². The lowest BCUT2D eigenvalue weighted by atomic mass is 10.2. The first-order valence-electron chi connectivity index (χ1n) is 5.07. The van der Waals surface area contributed by atoms with Crippen LogP contribution in [0.3, 0.4) is 0 Å². The molecule has 6 heteroatoms. The van der Waals surface area contributed by atoms with Crippen LogP contribution in [-0.2, 0) is 0 Å². The highest BCUT2D eigenvalue weighted by Gasteiger charge is 2.12. The molecular weight excluding hydrogens is 255 g/mol. The molecule has 0 fully saturated rings. The number of halogens is 1. The van der Waals surface area contributed by atoms with Crippen LogP contribution in [0.2, 0.25) is 0 Å². The van der Waals surface area contributed by atoms with Gasteiger partial charge in [-0.2, -0.15) is 0 Å². The van der Waals surface area contributed by atoms with Crippen LogP contribution in [0.4, 0.5) is 4.39 Å². The molecule has 92 valence electrons. The smallest absolute Gasteiger partial charge is 0.267 e. The van der Waals surface area contributed by atoms with Gasteiger partial charge >= 0.3 is 0 Å². The number of benzene rings is 1. The van der Waals surface area contributed by atoms with Gasteiger partial charge in [-0.05, 0) is 23.6 Å². The maximum absolute atomic E-state index is 13.3. The lowest BCUT2D eigenvalue weighted by molar-refractivity contribution is 0.0846. The minimum atomic E-state index is -0.696. The molecule has 0 bridgehead atoms. The Balaban J connectivity index is 1.97.